The number of esters is 2. The Kier molecular flexibility index (Phi) is 54.1. The quantitative estimate of drug-likeness (QED) is 0.0195. The van der Waals surface area contributed by atoms with Gasteiger partial charge in [0.25, 0.3) is 7.82 Å². The Hall–Kier alpha value is -1.51. The Balaban J connectivity index is 4.07. The van der Waals surface area contributed by atoms with Crippen LogP contribution in [0.15, 0.2) is 24.3 Å². The predicted molar refractivity (Wildman–Crippen MR) is 310 cm³/mol. The SMILES string of the molecule is CCCCCCC/C=C\C/C=C\CCCCCCCCCCCCCCCCCC(=O)OC(COC(=O)CCCCCCCCCCCCCCCCCCCCCCCC)COP(=O)([O-])OCC[N+](C)(C)C. The van der Waals surface area contributed by atoms with Gasteiger partial charge in [-0.2, -0.15) is 0 Å². The molecule has 10 heteroatoms. The molecule has 0 N–H and O–H groups in total. The average Bonchev–Trinajstić information content (AvgIpc) is 3.35. The number of hydrogen-bond donors (Lipinski definition) is 0. The fraction of sp³-hybridized carbons (Fsp3) is 0.905. The summed E-state index contributed by atoms with van der Waals surface area (Å²) < 4.78 is 34.2. The third kappa shape index (κ3) is 59.6. The van der Waals surface area contributed by atoms with Crippen molar-refractivity contribution >= 4 is 19.8 Å². The van der Waals surface area contributed by atoms with Gasteiger partial charge in [0.05, 0.1) is 27.7 Å². The Morgan fingerprint density at radius 3 is 1.08 bits per heavy atom. The molecular formula is C63H122NO8P. The van der Waals surface area contributed by atoms with E-state index in [0.717, 1.165) is 38.5 Å². The molecular weight excluding hydrogens is 930 g/mol. The van der Waals surface area contributed by atoms with Crippen LogP contribution in [0.1, 0.15) is 316 Å². The fourth-order valence-electron chi connectivity index (χ4n) is 9.34. The van der Waals surface area contributed by atoms with E-state index in [0.29, 0.717) is 17.4 Å². The van der Waals surface area contributed by atoms with Gasteiger partial charge in [0.15, 0.2) is 6.10 Å². The summed E-state index contributed by atoms with van der Waals surface area (Å²) in [5.74, 6) is -0.813. The van der Waals surface area contributed by atoms with Gasteiger partial charge in [-0.25, -0.2) is 0 Å². The molecule has 2 unspecified atom stereocenters. The number of allylic oxidation sites excluding steroid dienone is 4. The largest absolute Gasteiger partial charge is 0.756 e. The number of likely N-dealkylation sites (N-methyl/N-ethyl adjacent to an activating group) is 1. The highest BCUT2D eigenvalue weighted by molar-refractivity contribution is 7.45. The van der Waals surface area contributed by atoms with Crippen LogP contribution in [-0.2, 0) is 32.7 Å². The number of hydrogen-bond acceptors (Lipinski definition) is 8. The maximum atomic E-state index is 12.8. The zero-order chi connectivity index (χ0) is 53.5. The summed E-state index contributed by atoms with van der Waals surface area (Å²) in [5, 5.41) is 0. The van der Waals surface area contributed by atoms with E-state index in [2.05, 4.69) is 38.2 Å². The Labute approximate surface area is 453 Å². The van der Waals surface area contributed by atoms with Crippen LogP contribution < -0.4 is 4.89 Å². The van der Waals surface area contributed by atoms with Crippen LogP contribution in [0.4, 0.5) is 0 Å². The molecule has 0 aromatic heterocycles. The van der Waals surface area contributed by atoms with E-state index < -0.39 is 26.5 Å². The van der Waals surface area contributed by atoms with Gasteiger partial charge < -0.3 is 27.9 Å². The predicted octanol–water partition coefficient (Wildman–Crippen LogP) is 19.1. The van der Waals surface area contributed by atoms with Crippen LogP contribution in [-0.4, -0.2) is 70.0 Å². The van der Waals surface area contributed by atoms with Crippen molar-refractivity contribution in [2.45, 2.75) is 322 Å². The molecule has 0 radical (unpaired) electrons. The first-order valence-corrected chi connectivity index (χ1v) is 33.0. The van der Waals surface area contributed by atoms with Crippen LogP contribution in [0.2, 0.25) is 0 Å². The molecule has 0 spiro atoms. The monoisotopic (exact) mass is 1050 g/mol. The molecule has 0 aromatic carbocycles. The standard InChI is InChI=1S/C63H122NO8P/c1-6-8-10-12-14-16-18-20-22-24-26-28-30-31-32-33-34-36-38-40-42-44-46-48-50-52-54-56-63(66)72-61(60-71-73(67,68)70-58-57-64(3,4)5)59-69-62(65)55-53-51-49-47-45-43-41-39-37-35-29-27-25-23-21-19-17-15-13-11-9-7-2/h18,20,24,26,61H,6-17,19,21-23,25,27-60H2,1-5H3/b20-18-,26-24-. The first kappa shape index (κ1) is 71.5. The summed E-state index contributed by atoms with van der Waals surface area (Å²) in [6.07, 6.45) is 66.6. The van der Waals surface area contributed by atoms with Gasteiger partial charge >= 0.3 is 11.9 Å². The van der Waals surface area contributed by atoms with Crippen LogP contribution >= 0.6 is 7.82 Å². The van der Waals surface area contributed by atoms with Crippen molar-refractivity contribution in [2.75, 3.05) is 47.5 Å². The molecule has 432 valence electrons. The van der Waals surface area contributed by atoms with Crippen molar-refractivity contribution in [3.8, 4) is 0 Å². The fourth-order valence-corrected chi connectivity index (χ4v) is 10.1. The van der Waals surface area contributed by atoms with Crippen molar-refractivity contribution in [3.63, 3.8) is 0 Å². The molecule has 0 amide bonds. The van der Waals surface area contributed by atoms with E-state index in [1.165, 1.54) is 244 Å². The second-order valence-corrected chi connectivity index (χ2v) is 24.2. The van der Waals surface area contributed by atoms with Crippen LogP contribution in [0.5, 0.6) is 0 Å². The molecule has 0 aliphatic carbocycles. The second kappa shape index (κ2) is 55.3. The number of phosphoric ester groups is 1. The number of carbonyl (C=O) groups is 2. The molecule has 2 atom stereocenters. The van der Waals surface area contributed by atoms with Gasteiger partial charge in [0.1, 0.15) is 19.8 Å². The molecule has 0 saturated carbocycles. The third-order valence-corrected chi connectivity index (χ3v) is 15.2. The van der Waals surface area contributed by atoms with Crippen LogP contribution in [0.25, 0.3) is 0 Å². The van der Waals surface area contributed by atoms with Gasteiger partial charge in [-0.15, -0.1) is 0 Å². The maximum Gasteiger partial charge on any atom is 0.306 e. The molecule has 9 nitrogen and oxygen atoms in total. The smallest absolute Gasteiger partial charge is 0.306 e. The second-order valence-electron chi connectivity index (χ2n) is 22.8. The number of phosphoric acid groups is 1. The maximum absolute atomic E-state index is 12.8. The summed E-state index contributed by atoms with van der Waals surface area (Å²) in [4.78, 5) is 37.9. The summed E-state index contributed by atoms with van der Waals surface area (Å²) in [6, 6.07) is 0. The van der Waals surface area contributed by atoms with E-state index in [1.54, 1.807) is 0 Å². The highest BCUT2D eigenvalue weighted by Crippen LogP contribution is 2.38. The van der Waals surface area contributed by atoms with Gasteiger partial charge in [0, 0.05) is 12.8 Å². The number of unbranched alkanes of at least 4 members (excludes halogenated alkanes) is 41. The Morgan fingerprint density at radius 2 is 0.740 bits per heavy atom. The minimum absolute atomic E-state index is 0.0275. The van der Waals surface area contributed by atoms with Crippen LogP contribution in [0.3, 0.4) is 0 Å². The lowest BCUT2D eigenvalue weighted by atomic mass is 10.0. The highest BCUT2D eigenvalue weighted by atomic mass is 31.2. The van der Waals surface area contributed by atoms with Crippen molar-refractivity contribution < 1.29 is 42.1 Å². The number of quaternary nitrogens is 1. The first-order valence-electron chi connectivity index (χ1n) is 31.5. The number of rotatable bonds is 59. The number of nitrogens with zero attached hydrogens (tertiary/aromatic N) is 1. The van der Waals surface area contributed by atoms with Crippen molar-refractivity contribution in [1.82, 2.24) is 0 Å². The molecule has 0 heterocycles. The topological polar surface area (TPSA) is 111 Å². The minimum Gasteiger partial charge on any atom is -0.756 e. The molecule has 0 rings (SSSR count). The summed E-state index contributed by atoms with van der Waals surface area (Å²) >= 11 is 0. The number of carbonyl (C=O) groups excluding carboxylic acids is 2. The molecule has 0 bridgehead atoms. The zero-order valence-electron chi connectivity index (χ0n) is 49.1. The molecule has 73 heavy (non-hydrogen) atoms. The average molecular weight is 1050 g/mol. The molecule has 0 saturated heterocycles. The lowest BCUT2D eigenvalue weighted by molar-refractivity contribution is -0.870. The molecule has 0 fully saturated rings. The Morgan fingerprint density at radius 1 is 0.425 bits per heavy atom. The summed E-state index contributed by atoms with van der Waals surface area (Å²) in [5.41, 5.74) is 0. The zero-order valence-corrected chi connectivity index (χ0v) is 50.0. The minimum atomic E-state index is -4.63. The Bertz CT molecular complexity index is 1280. The van der Waals surface area contributed by atoms with Crippen molar-refractivity contribution in [3.05, 3.63) is 24.3 Å². The first-order chi connectivity index (χ1) is 35.5. The van der Waals surface area contributed by atoms with Gasteiger partial charge in [-0.05, 0) is 44.9 Å². The van der Waals surface area contributed by atoms with Gasteiger partial charge in [0.2, 0.25) is 0 Å². The molecule has 0 aliphatic heterocycles. The third-order valence-electron chi connectivity index (χ3n) is 14.2. The van der Waals surface area contributed by atoms with Gasteiger partial charge in [-0.3, -0.25) is 14.2 Å². The van der Waals surface area contributed by atoms with Crippen molar-refractivity contribution in [1.29, 1.82) is 0 Å². The van der Waals surface area contributed by atoms with E-state index in [9.17, 15) is 19.0 Å². The lowest BCUT2D eigenvalue weighted by Crippen LogP contribution is -2.37. The highest BCUT2D eigenvalue weighted by Gasteiger charge is 2.22. The summed E-state index contributed by atoms with van der Waals surface area (Å²) in [6.45, 7) is 4.29. The van der Waals surface area contributed by atoms with Crippen molar-refractivity contribution in [2.24, 2.45) is 0 Å². The molecule has 0 aliphatic rings. The normalized spacial score (nSPS) is 13.3. The van der Waals surface area contributed by atoms with E-state index in [4.69, 9.17) is 18.5 Å². The molecule has 0 aromatic rings. The lowest BCUT2D eigenvalue weighted by Gasteiger charge is -2.28. The van der Waals surface area contributed by atoms with E-state index in [1.807, 2.05) is 21.1 Å². The van der Waals surface area contributed by atoms with Crippen LogP contribution in [0, 0.1) is 0 Å². The van der Waals surface area contributed by atoms with E-state index >= 15 is 0 Å². The number of ether oxygens (including phenoxy) is 2. The van der Waals surface area contributed by atoms with Gasteiger partial charge in [-0.1, -0.05) is 282 Å². The summed E-state index contributed by atoms with van der Waals surface area (Å²) in [7, 11) is 1.18. The van der Waals surface area contributed by atoms with E-state index in [-0.39, 0.29) is 32.0 Å².